The number of thioether (sulfide) groups is 2. The lowest BCUT2D eigenvalue weighted by molar-refractivity contribution is -0.105. The Balaban J connectivity index is 1.98. The summed E-state index contributed by atoms with van der Waals surface area (Å²) < 4.78 is 36.3. The Bertz CT molecular complexity index is 459. The van der Waals surface area contributed by atoms with E-state index >= 15 is 0 Å². The average molecular weight is 307 g/mol. The number of nitrogens with zero attached hydrogens (tertiary/aromatic N) is 2. The molecule has 0 bridgehead atoms. The van der Waals surface area contributed by atoms with Crippen LogP contribution >= 0.6 is 23.5 Å². The van der Waals surface area contributed by atoms with E-state index in [1.54, 1.807) is 36.0 Å². The number of amidine groups is 1. The Hall–Kier alpha value is -0.860. The lowest BCUT2D eigenvalue weighted by atomic mass is 10.3. The Morgan fingerprint density at radius 2 is 2.00 bits per heavy atom. The van der Waals surface area contributed by atoms with Gasteiger partial charge in [-0.25, -0.2) is 5.84 Å². The Morgan fingerprint density at radius 3 is 2.53 bits per heavy atom. The molecule has 0 radical (unpaired) electrons. The Labute approximate surface area is 117 Å². The van der Waals surface area contributed by atoms with Gasteiger partial charge in [-0.15, -0.1) is 11.8 Å². The van der Waals surface area contributed by atoms with Gasteiger partial charge in [0.1, 0.15) is 0 Å². The number of halogens is 3. The summed E-state index contributed by atoms with van der Waals surface area (Å²) in [7, 11) is 0. The van der Waals surface area contributed by atoms with Crippen LogP contribution in [0.2, 0.25) is 0 Å². The first kappa shape index (κ1) is 14.5. The third-order valence-corrected chi connectivity index (χ3v) is 4.34. The van der Waals surface area contributed by atoms with Crippen molar-refractivity contribution in [3.8, 4) is 0 Å². The molecule has 8 heteroatoms. The van der Waals surface area contributed by atoms with E-state index in [1.807, 2.05) is 0 Å². The molecular weight excluding hydrogens is 295 g/mol. The average Bonchev–Trinajstić information content (AvgIpc) is 2.89. The second-order valence-electron chi connectivity index (χ2n) is 3.78. The maximum atomic E-state index is 12.1. The number of hydrogen-bond acceptors (Lipinski definition) is 5. The standard InChI is InChI=1S/C11H12F3N3S2/c12-11(13,14)7-19-9-3-1-8(2-4-9)17(15)10-16-5-6-18-10/h1-4H,5-7,15H2. The molecule has 0 unspecified atom stereocenters. The summed E-state index contributed by atoms with van der Waals surface area (Å²) in [5.74, 6) is 5.91. The minimum Gasteiger partial charge on any atom is -0.260 e. The van der Waals surface area contributed by atoms with Crippen LogP contribution in [0, 0.1) is 0 Å². The molecule has 3 nitrogen and oxygen atoms in total. The van der Waals surface area contributed by atoms with Crippen LogP contribution < -0.4 is 10.9 Å². The summed E-state index contributed by atoms with van der Waals surface area (Å²) in [6.45, 7) is 0.743. The van der Waals surface area contributed by atoms with Crippen molar-refractivity contribution in [3.05, 3.63) is 24.3 Å². The summed E-state index contributed by atoms with van der Waals surface area (Å²) >= 11 is 2.32. The smallest absolute Gasteiger partial charge is 0.260 e. The van der Waals surface area contributed by atoms with Crippen LogP contribution in [-0.2, 0) is 0 Å². The molecule has 0 aromatic heterocycles. The second-order valence-corrected chi connectivity index (χ2v) is 5.89. The van der Waals surface area contributed by atoms with E-state index in [1.165, 1.54) is 5.01 Å². The van der Waals surface area contributed by atoms with E-state index in [2.05, 4.69) is 4.99 Å². The summed E-state index contributed by atoms with van der Waals surface area (Å²) in [4.78, 5) is 4.79. The second kappa shape index (κ2) is 6.06. The normalized spacial score (nSPS) is 15.5. The lowest BCUT2D eigenvalue weighted by Gasteiger charge is -2.17. The fourth-order valence-corrected chi connectivity index (χ4v) is 2.90. The molecule has 0 saturated heterocycles. The molecule has 1 aliphatic rings. The van der Waals surface area contributed by atoms with E-state index in [0.717, 1.165) is 29.2 Å². The minimum atomic E-state index is -4.15. The first-order chi connectivity index (χ1) is 8.96. The van der Waals surface area contributed by atoms with E-state index in [-0.39, 0.29) is 0 Å². The number of rotatable bonds is 3. The first-order valence-corrected chi connectivity index (χ1v) is 7.44. The van der Waals surface area contributed by atoms with E-state index in [4.69, 9.17) is 5.84 Å². The molecule has 19 heavy (non-hydrogen) atoms. The Morgan fingerprint density at radius 1 is 1.32 bits per heavy atom. The molecule has 0 aliphatic carbocycles. The van der Waals surface area contributed by atoms with Gasteiger partial charge in [0, 0.05) is 10.6 Å². The maximum Gasteiger partial charge on any atom is 0.398 e. The van der Waals surface area contributed by atoms with Crippen molar-refractivity contribution in [3.63, 3.8) is 0 Å². The highest BCUT2D eigenvalue weighted by Crippen LogP contribution is 2.29. The largest absolute Gasteiger partial charge is 0.398 e. The molecule has 0 amide bonds. The van der Waals surface area contributed by atoms with Crippen molar-refractivity contribution in [1.29, 1.82) is 0 Å². The summed E-state index contributed by atoms with van der Waals surface area (Å²) in [5.41, 5.74) is 0.713. The summed E-state index contributed by atoms with van der Waals surface area (Å²) in [6, 6.07) is 6.65. The van der Waals surface area contributed by atoms with Crippen molar-refractivity contribution in [2.75, 3.05) is 23.1 Å². The molecule has 0 saturated carbocycles. The predicted molar refractivity (Wildman–Crippen MR) is 74.6 cm³/mol. The van der Waals surface area contributed by atoms with Gasteiger partial charge >= 0.3 is 6.18 Å². The zero-order valence-corrected chi connectivity index (χ0v) is 11.5. The molecule has 2 rings (SSSR count). The third-order valence-electron chi connectivity index (χ3n) is 2.29. The zero-order valence-electron chi connectivity index (χ0n) is 9.85. The highest BCUT2D eigenvalue weighted by Gasteiger charge is 2.27. The molecule has 104 valence electrons. The SMILES string of the molecule is NN(C1=NCCS1)c1ccc(SCC(F)(F)F)cc1. The van der Waals surface area contributed by atoms with Gasteiger partial charge in [-0.2, -0.15) is 13.2 Å². The fraction of sp³-hybridized carbons (Fsp3) is 0.364. The minimum absolute atomic E-state index is 0.565. The van der Waals surface area contributed by atoms with Crippen LogP contribution in [-0.4, -0.2) is 29.4 Å². The monoisotopic (exact) mass is 307 g/mol. The zero-order chi connectivity index (χ0) is 13.9. The van der Waals surface area contributed by atoms with Gasteiger partial charge in [0.25, 0.3) is 0 Å². The van der Waals surface area contributed by atoms with Crippen LogP contribution in [0.3, 0.4) is 0 Å². The Kier molecular flexibility index (Phi) is 4.64. The molecule has 1 heterocycles. The molecule has 1 aliphatic heterocycles. The maximum absolute atomic E-state index is 12.1. The van der Waals surface area contributed by atoms with Crippen molar-refractivity contribution in [1.82, 2.24) is 0 Å². The molecule has 2 N–H and O–H groups in total. The number of benzene rings is 1. The van der Waals surface area contributed by atoms with E-state index in [0.29, 0.717) is 10.6 Å². The van der Waals surface area contributed by atoms with Crippen molar-refractivity contribution in [2.45, 2.75) is 11.1 Å². The lowest BCUT2D eigenvalue weighted by Crippen LogP contribution is -2.34. The van der Waals surface area contributed by atoms with Crippen molar-refractivity contribution < 1.29 is 13.2 Å². The van der Waals surface area contributed by atoms with Gasteiger partial charge in [0.2, 0.25) is 0 Å². The van der Waals surface area contributed by atoms with Gasteiger partial charge in [0.05, 0.1) is 18.0 Å². The molecule has 0 fully saturated rings. The molecule has 0 spiro atoms. The van der Waals surface area contributed by atoms with Crippen LogP contribution in [0.4, 0.5) is 18.9 Å². The van der Waals surface area contributed by atoms with Crippen molar-refractivity contribution in [2.24, 2.45) is 10.8 Å². The van der Waals surface area contributed by atoms with Crippen LogP contribution in [0.15, 0.2) is 34.2 Å². The number of anilines is 1. The van der Waals surface area contributed by atoms with Crippen LogP contribution in [0.5, 0.6) is 0 Å². The number of hydrogen-bond donors (Lipinski definition) is 1. The van der Waals surface area contributed by atoms with E-state index < -0.39 is 11.9 Å². The number of hydrazine groups is 1. The highest BCUT2D eigenvalue weighted by molar-refractivity contribution is 8.14. The van der Waals surface area contributed by atoms with E-state index in [9.17, 15) is 13.2 Å². The predicted octanol–water partition coefficient (Wildman–Crippen LogP) is 3.12. The molecule has 1 aromatic carbocycles. The van der Waals surface area contributed by atoms with Crippen LogP contribution in [0.1, 0.15) is 0 Å². The third kappa shape index (κ3) is 4.32. The van der Waals surface area contributed by atoms with Crippen molar-refractivity contribution >= 4 is 34.4 Å². The van der Waals surface area contributed by atoms with Gasteiger partial charge in [-0.3, -0.25) is 10.0 Å². The van der Waals surface area contributed by atoms with Gasteiger partial charge in [-0.1, -0.05) is 11.8 Å². The quantitative estimate of drug-likeness (QED) is 0.529. The van der Waals surface area contributed by atoms with Gasteiger partial charge < -0.3 is 0 Å². The molecule has 1 aromatic rings. The summed E-state index contributed by atoms with van der Waals surface area (Å²) in [5, 5.41) is 2.19. The van der Waals surface area contributed by atoms with Gasteiger partial charge in [-0.05, 0) is 24.3 Å². The fourth-order valence-electron chi connectivity index (χ4n) is 1.45. The van der Waals surface area contributed by atoms with Crippen LogP contribution in [0.25, 0.3) is 0 Å². The molecular formula is C11H12F3N3S2. The van der Waals surface area contributed by atoms with Gasteiger partial charge in [0.15, 0.2) is 5.17 Å². The summed E-state index contributed by atoms with van der Waals surface area (Å²) in [6.07, 6.45) is -4.15. The number of nitrogens with two attached hydrogens (primary N) is 1. The highest BCUT2D eigenvalue weighted by atomic mass is 32.2. The number of aliphatic imine (C=N–C) groups is 1. The topological polar surface area (TPSA) is 41.6 Å². The molecule has 0 atom stereocenters. The first-order valence-electron chi connectivity index (χ1n) is 5.47. The number of alkyl halides is 3.